The van der Waals surface area contributed by atoms with Crippen molar-refractivity contribution < 1.29 is 9.90 Å². The number of pyridine rings is 1. The summed E-state index contributed by atoms with van der Waals surface area (Å²) in [6.45, 7) is 1.82. The number of carboxylic acids is 1. The average Bonchev–Trinajstić information content (AvgIpc) is 2.75. The molecule has 0 aliphatic heterocycles. The molecule has 0 saturated carbocycles. The van der Waals surface area contributed by atoms with E-state index in [9.17, 15) is 9.59 Å². The number of hydrogen-bond acceptors (Lipinski definition) is 3. The zero-order valence-electron chi connectivity index (χ0n) is 10.1. The molecule has 6 heteroatoms. The van der Waals surface area contributed by atoms with E-state index < -0.39 is 5.97 Å². The lowest BCUT2D eigenvalue weighted by molar-refractivity contribution is 0.0695. The molecule has 6 nitrogen and oxygen atoms in total. The van der Waals surface area contributed by atoms with Crippen LogP contribution < -0.4 is 5.56 Å². The minimum absolute atomic E-state index is 0.0883. The largest absolute Gasteiger partial charge is 0.478 e. The Morgan fingerprint density at radius 2 is 2.11 bits per heavy atom. The first-order valence-corrected chi connectivity index (χ1v) is 5.43. The standard InChI is InChI=1S/C12H13N3O3/c1-8(10-5-13-14(2)6-10)15-7-9(12(17)18)3-4-11(15)16/h3-8H,1-2H3,(H,17,18). The molecule has 0 spiro atoms. The molecular weight excluding hydrogens is 234 g/mol. The van der Waals surface area contributed by atoms with Gasteiger partial charge in [0.05, 0.1) is 17.8 Å². The van der Waals surface area contributed by atoms with Crippen LogP contribution in [0.1, 0.15) is 28.9 Å². The van der Waals surface area contributed by atoms with Gasteiger partial charge in [0.2, 0.25) is 0 Å². The summed E-state index contributed by atoms with van der Waals surface area (Å²) in [5.74, 6) is -1.05. The second kappa shape index (κ2) is 4.48. The fourth-order valence-corrected chi connectivity index (χ4v) is 1.75. The van der Waals surface area contributed by atoms with Crippen LogP contribution >= 0.6 is 0 Å². The van der Waals surface area contributed by atoms with Gasteiger partial charge in [-0.3, -0.25) is 9.48 Å². The number of carboxylic acid groups (broad SMARTS) is 1. The van der Waals surface area contributed by atoms with Crippen LogP contribution in [0.5, 0.6) is 0 Å². The first kappa shape index (κ1) is 12.1. The van der Waals surface area contributed by atoms with E-state index in [1.165, 1.54) is 22.9 Å². The summed E-state index contributed by atoms with van der Waals surface area (Å²) in [6, 6.07) is 2.30. The first-order chi connectivity index (χ1) is 8.49. The second-order valence-corrected chi connectivity index (χ2v) is 4.09. The Morgan fingerprint density at radius 3 is 2.67 bits per heavy atom. The molecule has 2 heterocycles. The van der Waals surface area contributed by atoms with Gasteiger partial charge >= 0.3 is 5.97 Å². The Morgan fingerprint density at radius 1 is 1.39 bits per heavy atom. The predicted molar refractivity (Wildman–Crippen MR) is 64.7 cm³/mol. The van der Waals surface area contributed by atoms with E-state index in [4.69, 9.17) is 5.11 Å². The highest BCUT2D eigenvalue weighted by molar-refractivity contribution is 5.87. The summed E-state index contributed by atoms with van der Waals surface area (Å²) in [6.07, 6.45) is 4.80. The molecule has 2 aromatic heterocycles. The molecule has 0 saturated heterocycles. The van der Waals surface area contributed by atoms with Crippen LogP contribution in [0.15, 0.2) is 35.5 Å². The molecular formula is C12H13N3O3. The quantitative estimate of drug-likeness (QED) is 0.873. The smallest absolute Gasteiger partial charge is 0.337 e. The van der Waals surface area contributed by atoms with Crippen molar-refractivity contribution in [3.8, 4) is 0 Å². The van der Waals surface area contributed by atoms with Crippen molar-refractivity contribution in [2.75, 3.05) is 0 Å². The van der Waals surface area contributed by atoms with Crippen LogP contribution in [0.3, 0.4) is 0 Å². The first-order valence-electron chi connectivity index (χ1n) is 5.43. The van der Waals surface area contributed by atoms with Gasteiger partial charge < -0.3 is 9.67 Å². The average molecular weight is 247 g/mol. The topological polar surface area (TPSA) is 77.1 Å². The number of aromatic carboxylic acids is 1. The zero-order valence-corrected chi connectivity index (χ0v) is 10.1. The van der Waals surface area contributed by atoms with Crippen LogP contribution in [0, 0.1) is 0 Å². The SMILES string of the molecule is CC(c1cnn(C)c1)n1cc(C(=O)O)ccc1=O. The Balaban J connectivity index is 2.47. The summed E-state index contributed by atoms with van der Waals surface area (Å²) in [4.78, 5) is 22.7. The minimum Gasteiger partial charge on any atom is -0.478 e. The van der Waals surface area contributed by atoms with Crippen LogP contribution in [-0.4, -0.2) is 25.4 Å². The molecule has 0 radical (unpaired) electrons. The molecule has 1 unspecified atom stereocenters. The Bertz CT molecular complexity index is 642. The number of hydrogen-bond donors (Lipinski definition) is 1. The molecule has 1 atom stereocenters. The van der Waals surface area contributed by atoms with Crippen molar-refractivity contribution in [1.29, 1.82) is 0 Å². The lowest BCUT2D eigenvalue weighted by Crippen LogP contribution is -2.23. The molecule has 0 aliphatic carbocycles. The van der Waals surface area contributed by atoms with Crippen molar-refractivity contribution in [2.24, 2.45) is 7.05 Å². The van der Waals surface area contributed by atoms with Gasteiger partial charge in [-0.25, -0.2) is 4.79 Å². The molecule has 94 valence electrons. The van der Waals surface area contributed by atoms with Gasteiger partial charge in [0.25, 0.3) is 5.56 Å². The Hall–Kier alpha value is -2.37. The third-order valence-electron chi connectivity index (χ3n) is 2.81. The fourth-order valence-electron chi connectivity index (χ4n) is 1.75. The maximum absolute atomic E-state index is 11.8. The van der Waals surface area contributed by atoms with Crippen LogP contribution in [0.25, 0.3) is 0 Å². The summed E-state index contributed by atoms with van der Waals surface area (Å²) < 4.78 is 3.03. The van der Waals surface area contributed by atoms with Gasteiger partial charge in [-0.1, -0.05) is 0 Å². The van der Waals surface area contributed by atoms with Gasteiger partial charge in [0.15, 0.2) is 0 Å². The molecule has 2 rings (SSSR count). The maximum atomic E-state index is 11.8. The van der Waals surface area contributed by atoms with E-state index in [-0.39, 0.29) is 17.2 Å². The molecule has 0 aromatic carbocycles. The fraction of sp³-hybridized carbons (Fsp3) is 0.250. The molecule has 0 bridgehead atoms. The lowest BCUT2D eigenvalue weighted by atomic mass is 10.1. The summed E-state index contributed by atoms with van der Waals surface area (Å²) in [5.41, 5.74) is 0.698. The van der Waals surface area contributed by atoms with Crippen molar-refractivity contribution in [3.63, 3.8) is 0 Å². The van der Waals surface area contributed by atoms with E-state index in [0.29, 0.717) is 0 Å². The zero-order chi connectivity index (χ0) is 13.3. The number of aryl methyl sites for hydroxylation is 1. The van der Waals surface area contributed by atoms with Gasteiger partial charge in [0.1, 0.15) is 0 Å². The second-order valence-electron chi connectivity index (χ2n) is 4.09. The van der Waals surface area contributed by atoms with Crippen LogP contribution in [0.2, 0.25) is 0 Å². The van der Waals surface area contributed by atoms with E-state index in [1.807, 2.05) is 6.92 Å². The molecule has 0 aliphatic rings. The van der Waals surface area contributed by atoms with Gasteiger partial charge in [-0.15, -0.1) is 0 Å². The molecule has 0 amide bonds. The van der Waals surface area contributed by atoms with E-state index in [0.717, 1.165) is 5.56 Å². The number of aromatic nitrogens is 3. The number of rotatable bonds is 3. The van der Waals surface area contributed by atoms with Gasteiger partial charge in [0, 0.05) is 31.1 Å². The molecule has 1 N–H and O–H groups in total. The van der Waals surface area contributed by atoms with Crippen molar-refractivity contribution in [1.82, 2.24) is 14.3 Å². The third kappa shape index (κ3) is 2.17. The van der Waals surface area contributed by atoms with Crippen LogP contribution in [-0.2, 0) is 7.05 Å². The monoisotopic (exact) mass is 247 g/mol. The Kier molecular flexibility index (Phi) is 3.01. The third-order valence-corrected chi connectivity index (χ3v) is 2.81. The highest BCUT2D eigenvalue weighted by Crippen LogP contribution is 2.15. The highest BCUT2D eigenvalue weighted by Gasteiger charge is 2.13. The molecule has 0 fully saturated rings. The summed E-state index contributed by atoms with van der Waals surface area (Å²) in [5, 5.41) is 13.0. The minimum atomic E-state index is -1.05. The van der Waals surface area contributed by atoms with E-state index in [1.54, 1.807) is 24.1 Å². The van der Waals surface area contributed by atoms with Gasteiger partial charge in [-0.05, 0) is 13.0 Å². The number of nitrogens with zero attached hydrogens (tertiary/aromatic N) is 3. The summed E-state index contributed by atoms with van der Waals surface area (Å²) in [7, 11) is 1.78. The summed E-state index contributed by atoms with van der Waals surface area (Å²) >= 11 is 0. The van der Waals surface area contributed by atoms with E-state index in [2.05, 4.69) is 5.10 Å². The molecule has 18 heavy (non-hydrogen) atoms. The van der Waals surface area contributed by atoms with E-state index >= 15 is 0 Å². The van der Waals surface area contributed by atoms with Crippen molar-refractivity contribution in [3.05, 3.63) is 52.2 Å². The Labute approximate surface area is 103 Å². The van der Waals surface area contributed by atoms with Gasteiger partial charge in [-0.2, -0.15) is 5.10 Å². The lowest BCUT2D eigenvalue weighted by Gasteiger charge is -2.13. The highest BCUT2D eigenvalue weighted by atomic mass is 16.4. The van der Waals surface area contributed by atoms with Crippen molar-refractivity contribution in [2.45, 2.75) is 13.0 Å². The maximum Gasteiger partial charge on any atom is 0.337 e. The van der Waals surface area contributed by atoms with Crippen LogP contribution in [0.4, 0.5) is 0 Å². The predicted octanol–water partition coefficient (Wildman–Crippen LogP) is 0.889. The van der Waals surface area contributed by atoms with Crippen molar-refractivity contribution >= 4 is 5.97 Å². The normalized spacial score (nSPS) is 12.3. The number of carbonyl (C=O) groups is 1. The molecule has 2 aromatic rings.